The van der Waals surface area contributed by atoms with E-state index in [0.29, 0.717) is 48.4 Å². The van der Waals surface area contributed by atoms with Gasteiger partial charge in [-0.2, -0.15) is 0 Å². The summed E-state index contributed by atoms with van der Waals surface area (Å²) in [6.07, 6.45) is 6.96. The van der Waals surface area contributed by atoms with Crippen LogP contribution in [0.2, 0.25) is 0 Å². The molecule has 0 radical (unpaired) electrons. The molecular formula is C30H32FN7O4. The second-order valence-electron chi connectivity index (χ2n) is 10.3. The predicted molar refractivity (Wildman–Crippen MR) is 151 cm³/mol. The molecule has 2 aliphatic rings. The Kier molecular flexibility index (Phi) is 8.73. The van der Waals surface area contributed by atoms with Gasteiger partial charge in [0.2, 0.25) is 11.9 Å². The Balaban J connectivity index is 1.14. The smallest absolute Gasteiger partial charge is 0.227 e. The van der Waals surface area contributed by atoms with Gasteiger partial charge in [0.15, 0.2) is 6.29 Å². The zero-order chi connectivity index (χ0) is 28.7. The number of carbonyl (C=O) groups excluding carboxylic acids is 1. The van der Waals surface area contributed by atoms with Crippen molar-refractivity contribution in [1.82, 2.24) is 30.2 Å². The highest BCUT2D eigenvalue weighted by molar-refractivity contribution is 5.79. The summed E-state index contributed by atoms with van der Waals surface area (Å²) in [5.74, 6) is 0.247. The maximum absolute atomic E-state index is 13.7. The lowest BCUT2D eigenvalue weighted by atomic mass is 10.1. The summed E-state index contributed by atoms with van der Waals surface area (Å²) in [6, 6.07) is 11.8. The molecule has 5 heterocycles. The maximum Gasteiger partial charge on any atom is 0.227 e. The van der Waals surface area contributed by atoms with Gasteiger partial charge in [0.1, 0.15) is 11.6 Å². The molecule has 3 aromatic heterocycles. The molecule has 2 aliphatic heterocycles. The van der Waals surface area contributed by atoms with E-state index in [1.54, 1.807) is 36.8 Å². The van der Waals surface area contributed by atoms with Gasteiger partial charge in [-0.1, -0.05) is 0 Å². The molecule has 12 heteroatoms. The molecule has 0 spiro atoms. The number of hydrogen-bond acceptors (Lipinski definition) is 9. The van der Waals surface area contributed by atoms with Crippen LogP contribution < -0.4 is 10.6 Å². The number of aromatic nitrogens is 5. The minimum Gasteiger partial charge on any atom is -0.376 e. The third-order valence-corrected chi connectivity index (χ3v) is 7.21. The summed E-state index contributed by atoms with van der Waals surface area (Å²) < 4.78 is 31.1. The molecule has 1 amide bonds. The molecule has 1 unspecified atom stereocenters. The highest BCUT2D eigenvalue weighted by Gasteiger charge is 2.29. The fourth-order valence-corrected chi connectivity index (χ4v) is 4.92. The van der Waals surface area contributed by atoms with E-state index in [1.807, 2.05) is 12.1 Å². The van der Waals surface area contributed by atoms with Crippen molar-refractivity contribution in [2.45, 2.75) is 38.2 Å². The van der Waals surface area contributed by atoms with E-state index < -0.39 is 6.29 Å². The van der Waals surface area contributed by atoms with Crippen LogP contribution in [0.5, 0.6) is 0 Å². The monoisotopic (exact) mass is 573 g/mol. The molecule has 11 nitrogen and oxygen atoms in total. The lowest BCUT2D eigenvalue weighted by molar-refractivity contribution is -0.201. The maximum atomic E-state index is 13.7. The van der Waals surface area contributed by atoms with E-state index in [4.69, 9.17) is 24.2 Å². The van der Waals surface area contributed by atoms with E-state index in [1.165, 1.54) is 12.1 Å². The van der Waals surface area contributed by atoms with Gasteiger partial charge in [-0.3, -0.25) is 9.78 Å². The van der Waals surface area contributed by atoms with E-state index in [-0.39, 0.29) is 37.0 Å². The predicted octanol–water partition coefficient (Wildman–Crippen LogP) is 3.51. The van der Waals surface area contributed by atoms with Gasteiger partial charge in [-0.25, -0.2) is 19.3 Å². The Morgan fingerprint density at radius 3 is 2.57 bits per heavy atom. The Hall–Kier alpha value is -4.26. The lowest BCUT2D eigenvalue weighted by Gasteiger charge is -2.28. The fraction of sp³-hybridized carbons (Fsp3) is 0.367. The number of hydrogen-bond donors (Lipinski definition) is 3. The molecule has 4 aromatic rings. The first-order chi connectivity index (χ1) is 20.6. The molecule has 1 aromatic carbocycles. The normalized spacial score (nSPS) is 20.4. The Morgan fingerprint density at radius 1 is 1.00 bits per heavy atom. The van der Waals surface area contributed by atoms with Crippen molar-refractivity contribution in [3.05, 3.63) is 78.3 Å². The quantitative estimate of drug-likeness (QED) is 0.260. The first kappa shape index (κ1) is 27.9. The second-order valence-corrected chi connectivity index (χ2v) is 10.3. The standard InChI is InChI=1S/C30H32FN7O4/c31-22-5-3-20(4-6-22)27-28(24-9-12-33-30(36-24)35-15-19-7-10-32-11-8-19)38-25(37-27)14-26-41-17-21(18-42-26)29(39)34-16-23-2-1-13-40-23/h3-12,21,23,26H,1-2,13-18H2,(H,34,39)(H,37,38)(H,33,35,36). The van der Waals surface area contributed by atoms with Crippen molar-refractivity contribution < 1.29 is 23.4 Å². The number of nitrogens with one attached hydrogen (secondary N) is 3. The highest BCUT2D eigenvalue weighted by Crippen LogP contribution is 2.30. The van der Waals surface area contributed by atoms with Crippen LogP contribution in [0, 0.1) is 11.7 Å². The minimum absolute atomic E-state index is 0.0822. The lowest BCUT2D eigenvalue weighted by Crippen LogP contribution is -2.44. The number of H-pyrrole nitrogens is 1. The fourth-order valence-electron chi connectivity index (χ4n) is 4.92. The van der Waals surface area contributed by atoms with Crippen molar-refractivity contribution in [3.63, 3.8) is 0 Å². The molecule has 1 atom stereocenters. The largest absolute Gasteiger partial charge is 0.376 e. The number of nitrogens with zero attached hydrogens (tertiary/aromatic N) is 4. The van der Waals surface area contributed by atoms with Crippen LogP contribution in [0.3, 0.4) is 0 Å². The van der Waals surface area contributed by atoms with Crippen molar-refractivity contribution in [2.75, 3.05) is 31.7 Å². The third-order valence-electron chi connectivity index (χ3n) is 7.21. The topological polar surface area (TPSA) is 136 Å². The molecule has 0 bridgehead atoms. The van der Waals surface area contributed by atoms with Crippen LogP contribution >= 0.6 is 0 Å². The Labute approximate surface area is 242 Å². The van der Waals surface area contributed by atoms with Crippen molar-refractivity contribution >= 4 is 11.9 Å². The average Bonchev–Trinajstić information content (AvgIpc) is 3.71. The van der Waals surface area contributed by atoms with E-state index in [0.717, 1.165) is 30.6 Å². The minimum atomic E-state index is -0.574. The van der Waals surface area contributed by atoms with Crippen LogP contribution in [0.1, 0.15) is 24.2 Å². The summed E-state index contributed by atoms with van der Waals surface area (Å²) in [4.78, 5) is 33.8. The van der Waals surface area contributed by atoms with Gasteiger partial charge in [0.25, 0.3) is 0 Å². The number of amides is 1. The van der Waals surface area contributed by atoms with Gasteiger partial charge in [0.05, 0.1) is 48.7 Å². The summed E-state index contributed by atoms with van der Waals surface area (Å²) in [5.41, 5.74) is 3.67. The first-order valence-electron chi connectivity index (χ1n) is 14.0. The number of rotatable bonds is 10. The van der Waals surface area contributed by atoms with Crippen LogP contribution in [-0.4, -0.2) is 69.6 Å². The van der Waals surface area contributed by atoms with Crippen molar-refractivity contribution in [3.8, 4) is 22.6 Å². The van der Waals surface area contributed by atoms with E-state index in [2.05, 4.69) is 25.6 Å². The second kappa shape index (κ2) is 13.1. The number of imidazole rings is 1. The number of benzene rings is 1. The number of halogens is 1. The molecule has 2 fully saturated rings. The molecule has 0 saturated carbocycles. The van der Waals surface area contributed by atoms with Crippen molar-refractivity contribution in [2.24, 2.45) is 5.92 Å². The van der Waals surface area contributed by atoms with Gasteiger partial charge in [-0.05, 0) is 60.9 Å². The summed E-state index contributed by atoms with van der Waals surface area (Å²) in [5, 5.41) is 6.18. The van der Waals surface area contributed by atoms with Crippen LogP contribution in [0.4, 0.5) is 10.3 Å². The summed E-state index contributed by atoms with van der Waals surface area (Å²) >= 11 is 0. The Bertz CT molecular complexity index is 1470. The first-order valence-corrected chi connectivity index (χ1v) is 14.0. The highest BCUT2D eigenvalue weighted by atomic mass is 19.1. The molecule has 42 heavy (non-hydrogen) atoms. The third kappa shape index (κ3) is 6.96. The number of anilines is 1. The van der Waals surface area contributed by atoms with Gasteiger partial charge in [0, 0.05) is 43.9 Å². The molecule has 0 aliphatic carbocycles. The zero-order valence-electron chi connectivity index (χ0n) is 23.0. The van der Waals surface area contributed by atoms with Crippen molar-refractivity contribution in [1.29, 1.82) is 0 Å². The SMILES string of the molecule is O=C(NCC1CCCO1)C1COC(Cc2nc(-c3ccc(F)cc3)c(-c3ccnc(NCc4ccncc4)n3)[nH]2)OC1. The number of carbonyl (C=O) groups is 1. The van der Waals surface area contributed by atoms with Crippen LogP contribution in [-0.2, 0) is 32.0 Å². The zero-order valence-corrected chi connectivity index (χ0v) is 23.0. The van der Waals surface area contributed by atoms with Crippen LogP contribution in [0.15, 0.2) is 61.1 Å². The molecule has 3 N–H and O–H groups in total. The van der Waals surface area contributed by atoms with Gasteiger partial charge >= 0.3 is 0 Å². The molecule has 6 rings (SSSR count). The van der Waals surface area contributed by atoms with Gasteiger partial charge < -0.3 is 29.8 Å². The number of ether oxygens (including phenoxy) is 3. The van der Waals surface area contributed by atoms with E-state index in [9.17, 15) is 9.18 Å². The number of aromatic amines is 1. The summed E-state index contributed by atoms with van der Waals surface area (Å²) in [6.45, 7) is 2.29. The Morgan fingerprint density at radius 2 is 1.81 bits per heavy atom. The van der Waals surface area contributed by atoms with Crippen LogP contribution in [0.25, 0.3) is 22.6 Å². The molecule has 218 valence electrons. The average molecular weight is 574 g/mol. The molecule has 2 saturated heterocycles. The number of pyridine rings is 1. The molecular weight excluding hydrogens is 541 g/mol. The van der Waals surface area contributed by atoms with E-state index >= 15 is 0 Å². The summed E-state index contributed by atoms with van der Waals surface area (Å²) in [7, 11) is 0. The van der Waals surface area contributed by atoms with Gasteiger partial charge in [-0.15, -0.1) is 0 Å².